The van der Waals surface area contributed by atoms with E-state index in [0.717, 1.165) is 10.2 Å². The average Bonchev–Trinajstić information content (AvgIpc) is 3.14. The Hall–Kier alpha value is -2.57. The van der Waals surface area contributed by atoms with Gasteiger partial charge in [-0.1, -0.05) is 22.9 Å². The highest BCUT2D eigenvalue weighted by molar-refractivity contribution is 8.00. The molecular weight excluding hydrogens is 516 g/mol. The third-order valence-corrected chi connectivity index (χ3v) is 7.25. The van der Waals surface area contributed by atoms with E-state index in [1.165, 1.54) is 23.1 Å². The molecule has 1 aliphatic rings. The summed E-state index contributed by atoms with van der Waals surface area (Å²) in [7, 11) is 0. The molecule has 3 amide bonds. The van der Waals surface area contributed by atoms with E-state index in [0.29, 0.717) is 42.6 Å². The Morgan fingerprint density at radius 2 is 1.71 bits per heavy atom. The summed E-state index contributed by atoms with van der Waals surface area (Å²) >= 11 is 8.51. The first-order valence-corrected chi connectivity index (χ1v) is 13.5. The van der Waals surface area contributed by atoms with Crippen LogP contribution in [-0.2, 0) is 30.4 Å². The molecule has 0 atom stereocenters. The number of carbonyl (C=O) groups is 4. The molecule has 0 N–H and O–H groups in total. The van der Waals surface area contributed by atoms with Gasteiger partial charge in [-0.15, -0.1) is 11.8 Å². The molecule has 10 nitrogen and oxygen atoms in total. The van der Waals surface area contributed by atoms with Gasteiger partial charge in [0.1, 0.15) is 6.54 Å². The third-order valence-electron chi connectivity index (χ3n) is 5.07. The lowest BCUT2D eigenvalue weighted by molar-refractivity contribution is -0.143. The number of piperazine rings is 1. The molecule has 1 saturated heterocycles. The number of halogens is 1. The van der Waals surface area contributed by atoms with Gasteiger partial charge < -0.3 is 23.8 Å². The lowest BCUT2D eigenvalue weighted by atomic mass is 10.3. The first-order chi connectivity index (χ1) is 16.8. The fourth-order valence-corrected chi connectivity index (χ4v) is 5.45. The molecule has 0 unspecified atom stereocenters. The molecule has 1 aromatic heterocycles. The first-order valence-electron chi connectivity index (χ1n) is 11.1. The Morgan fingerprint density at radius 3 is 2.40 bits per heavy atom. The molecule has 2 aromatic rings. The lowest BCUT2D eigenvalue weighted by Gasteiger charge is -2.34. The predicted octanol–water partition coefficient (Wildman–Crippen LogP) is 2.38. The molecule has 0 aliphatic carbocycles. The molecule has 190 valence electrons. The van der Waals surface area contributed by atoms with Crippen molar-refractivity contribution in [3.05, 3.63) is 28.0 Å². The van der Waals surface area contributed by atoms with Crippen LogP contribution in [0.25, 0.3) is 10.2 Å². The number of fused-ring (bicyclic) bond motifs is 1. The molecule has 1 aromatic carbocycles. The summed E-state index contributed by atoms with van der Waals surface area (Å²) in [5.74, 6) is -0.793. The van der Waals surface area contributed by atoms with Crippen LogP contribution in [0.15, 0.2) is 23.2 Å². The van der Waals surface area contributed by atoms with Crippen LogP contribution in [0.4, 0.5) is 4.79 Å². The van der Waals surface area contributed by atoms with Crippen LogP contribution in [0, 0.1) is 0 Å². The summed E-state index contributed by atoms with van der Waals surface area (Å²) in [4.78, 5) is 56.7. The van der Waals surface area contributed by atoms with Crippen molar-refractivity contribution in [1.29, 1.82) is 0 Å². The molecular formula is C22H27ClN4O6S2. The van der Waals surface area contributed by atoms with E-state index in [2.05, 4.69) is 4.99 Å². The number of amides is 3. The Bertz CT molecular complexity index is 1160. The van der Waals surface area contributed by atoms with Gasteiger partial charge in [0.2, 0.25) is 5.91 Å². The largest absolute Gasteiger partial charge is 0.465 e. The summed E-state index contributed by atoms with van der Waals surface area (Å²) in [6.45, 7) is 5.64. The minimum Gasteiger partial charge on any atom is -0.465 e. The van der Waals surface area contributed by atoms with E-state index in [4.69, 9.17) is 21.1 Å². The smallest absolute Gasteiger partial charge is 0.409 e. The van der Waals surface area contributed by atoms with Crippen LogP contribution in [-0.4, -0.2) is 89.1 Å². The number of hydrogen-bond acceptors (Lipinski definition) is 8. The maximum absolute atomic E-state index is 12.5. The lowest BCUT2D eigenvalue weighted by Crippen LogP contribution is -2.51. The summed E-state index contributed by atoms with van der Waals surface area (Å²) in [5, 5.41) is 0.539. The molecule has 1 fully saturated rings. The minimum atomic E-state index is -0.431. The minimum absolute atomic E-state index is 0.0168. The highest BCUT2D eigenvalue weighted by Gasteiger charge is 2.24. The number of hydrogen-bond donors (Lipinski definition) is 0. The van der Waals surface area contributed by atoms with E-state index < -0.39 is 11.9 Å². The maximum Gasteiger partial charge on any atom is 0.409 e. The second-order valence-corrected chi connectivity index (χ2v) is 9.88. The fraction of sp³-hybridized carbons (Fsp3) is 0.500. The highest BCUT2D eigenvalue weighted by Crippen LogP contribution is 2.22. The summed E-state index contributed by atoms with van der Waals surface area (Å²) in [6, 6.07) is 5.23. The maximum atomic E-state index is 12.5. The number of carbonyl (C=O) groups excluding carboxylic acids is 4. The van der Waals surface area contributed by atoms with Gasteiger partial charge in [-0.25, -0.2) is 4.79 Å². The van der Waals surface area contributed by atoms with Crippen molar-refractivity contribution >= 4 is 68.8 Å². The summed E-state index contributed by atoms with van der Waals surface area (Å²) < 4.78 is 12.4. The molecule has 1 aliphatic heterocycles. The molecule has 2 heterocycles. The standard InChI is InChI=1S/C22H27ClN4O6S2/c1-3-32-20(30)12-27-16-6-5-15(23)11-17(16)35-21(27)24-18(28)13-34-14-19(29)25-7-9-26(10-8-25)22(31)33-4-2/h5-6,11H,3-4,7-10,12-14H2,1-2H3. The van der Waals surface area contributed by atoms with Crippen molar-refractivity contribution < 1.29 is 28.7 Å². The monoisotopic (exact) mass is 542 g/mol. The molecule has 35 heavy (non-hydrogen) atoms. The number of aromatic nitrogens is 1. The SMILES string of the molecule is CCOC(=O)Cn1c(=NC(=O)CSCC(=O)N2CCN(C(=O)OCC)CC2)sc2cc(Cl)ccc21. The molecule has 0 radical (unpaired) electrons. The topological polar surface area (TPSA) is 111 Å². The quantitative estimate of drug-likeness (QED) is 0.471. The zero-order valence-electron chi connectivity index (χ0n) is 19.5. The number of nitrogens with zero attached hydrogens (tertiary/aromatic N) is 4. The van der Waals surface area contributed by atoms with Crippen molar-refractivity contribution in [1.82, 2.24) is 14.4 Å². The second kappa shape index (κ2) is 12.9. The average molecular weight is 543 g/mol. The number of thioether (sulfide) groups is 1. The van der Waals surface area contributed by atoms with E-state index >= 15 is 0 Å². The van der Waals surface area contributed by atoms with Crippen LogP contribution in [0.5, 0.6) is 0 Å². The molecule has 0 spiro atoms. The number of thiazole rings is 1. The van der Waals surface area contributed by atoms with Crippen molar-refractivity contribution in [2.75, 3.05) is 50.9 Å². The van der Waals surface area contributed by atoms with E-state index in [9.17, 15) is 19.2 Å². The Labute approximate surface area is 215 Å². The van der Waals surface area contributed by atoms with Crippen molar-refractivity contribution in [2.45, 2.75) is 20.4 Å². The zero-order chi connectivity index (χ0) is 25.4. The fourth-order valence-electron chi connectivity index (χ4n) is 3.43. The molecule has 13 heteroatoms. The number of esters is 1. The van der Waals surface area contributed by atoms with Gasteiger partial charge in [0.15, 0.2) is 4.80 Å². The van der Waals surface area contributed by atoms with Crippen molar-refractivity contribution in [2.24, 2.45) is 4.99 Å². The Morgan fingerprint density at radius 1 is 1.03 bits per heavy atom. The van der Waals surface area contributed by atoms with Gasteiger partial charge in [0.25, 0.3) is 5.91 Å². The van der Waals surface area contributed by atoms with Gasteiger partial charge in [0, 0.05) is 31.2 Å². The zero-order valence-corrected chi connectivity index (χ0v) is 21.9. The van der Waals surface area contributed by atoms with Crippen LogP contribution >= 0.6 is 34.7 Å². The van der Waals surface area contributed by atoms with E-state index in [1.807, 2.05) is 0 Å². The Kier molecular flexibility index (Phi) is 9.99. The summed E-state index contributed by atoms with van der Waals surface area (Å²) in [5.41, 5.74) is 0.726. The second-order valence-electron chi connectivity index (χ2n) is 7.45. The van der Waals surface area contributed by atoms with Crippen LogP contribution in [0.3, 0.4) is 0 Å². The number of rotatable bonds is 8. The first kappa shape index (κ1) is 27.0. The number of benzene rings is 1. The molecule has 0 bridgehead atoms. The van der Waals surface area contributed by atoms with Gasteiger partial charge in [-0.05, 0) is 32.0 Å². The summed E-state index contributed by atoms with van der Waals surface area (Å²) in [6.07, 6.45) is -0.370. The molecule has 0 saturated carbocycles. The van der Waals surface area contributed by atoms with Crippen molar-refractivity contribution in [3.8, 4) is 0 Å². The number of ether oxygens (including phenoxy) is 2. The highest BCUT2D eigenvalue weighted by atomic mass is 35.5. The predicted molar refractivity (Wildman–Crippen MR) is 135 cm³/mol. The van der Waals surface area contributed by atoms with Crippen LogP contribution in [0.2, 0.25) is 5.02 Å². The van der Waals surface area contributed by atoms with Gasteiger partial charge in [-0.3, -0.25) is 14.4 Å². The van der Waals surface area contributed by atoms with E-state index in [-0.39, 0.29) is 36.7 Å². The molecule has 3 rings (SSSR count). The van der Waals surface area contributed by atoms with Gasteiger partial charge in [-0.2, -0.15) is 4.99 Å². The third kappa shape index (κ3) is 7.45. The van der Waals surface area contributed by atoms with Gasteiger partial charge >= 0.3 is 12.1 Å². The van der Waals surface area contributed by atoms with Gasteiger partial charge in [0.05, 0.1) is 34.9 Å². The van der Waals surface area contributed by atoms with Crippen molar-refractivity contribution in [3.63, 3.8) is 0 Å². The van der Waals surface area contributed by atoms with Crippen LogP contribution in [0.1, 0.15) is 13.8 Å². The van der Waals surface area contributed by atoms with Crippen LogP contribution < -0.4 is 4.80 Å². The normalized spacial score (nSPS) is 14.3. The Balaban J connectivity index is 1.59. The van der Waals surface area contributed by atoms with E-state index in [1.54, 1.807) is 46.4 Å².